The Bertz CT molecular complexity index is 982. The van der Waals surface area contributed by atoms with Gasteiger partial charge in [0.25, 0.3) is 0 Å². The summed E-state index contributed by atoms with van der Waals surface area (Å²) in [6.45, 7) is 7.86. The molecule has 1 aliphatic heterocycles. The van der Waals surface area contributed by atoms with Gasteiger partial charge in [-0.25, -0.2) is 8.42 Å². The van der Waals surface area contributed by atoms with Gasteiger partial charge in [-0.15, -0.1) is 0 Å². The van der Waals surface area contributed by atoms with Gasteiger partial charge in [-0.1, -0.05) is 63.6 Å². The van der Waals surface area contributed by atoms with Crippen LogP contribution in [-0.2, 0) is 9.84 Å². The Morgan fingerprint density at radius 3 is 2.48 bits per heavy atom. The van der Waals surface area contributed by atoms with Gasteiger partial charge in [0, 0.05) is 17.0 Å². The highest BCUT2D eigenvalue weighted by molar-refractivity contribution is 7.91. The van der Waals surface area contributed by atoms with E-state index < -0.39 is 27.3 Å². The molecule has 1 heterocycles. The molecule has 0 bridgehead atoms. The maximum absolute atomic E-state index is 13.4. The number of hydrogen-bond acceptors (Lipinski definition) is 4. The number of nitrogen functional groups attached to an aromatic ring is 1. The van der Waals surface area contributed by atoms with Crippen molar-refractivity contribution in [2.75, 3.05) is 11.5 Å². The normalized spacial score (nSPS) is 25.8. The molecule has 0 aromatic heterocycles. The molecular weight excluding hydrogens is 382 g/mol. The third-order valence-electron chi connectivity index (χ3n) is 6.39. The zero-order valence-corrected chi connectivity index (χ0v) is 18.1. The summed E-state index contributed by atoms with van der Waals surface area (Å²) in [5.74, 6) is -0.503. The number of nitrogens with two attached hydrogens (primary N) is 1. The van der Waals surface area contributed by atoms with E-state index in [1.54, 1.807) is 24.3 Å². The summed E-state index contributed by atoms with van der Waals surface area (Å²) in [4.78, 5) is 0.287. The predicted molar refractivity (Wildman–Crippen MR) is 120 cm³/mol. The van der Waals surface area contributed by atoms with Crippen LogP contribution < -0.4 is 5.73 Å². The molecule has 0 amide bonds. The van der Waals surface area contributed by atoms with Crippen molar-refractivity contribution < 1.29 is 13.5 Å². The summed E-state index contributed by atoms with van der Waals surface area (Å²) in [7, 11) is -3.56. The first kappa shape index (κ1) is 21.6. The van der Waals surface area contributed by atoms with Crippen molar-refractivity contribution in [2.24, 2.45) is 5.41 Å². The minimum Gasteiger partial charge on any atom is -0.399 e. The van der Waals surface area contributed by atoms with Crippen molar-refractivity contribution in [3.63, 3.8) is 0 Å². The Morgan fingerprint density at radius 2 is 1.90 bits per heavy atom. The largest absolute Gasteiger partial charge is 0.399 e. The highest BCUT2D eigenvalue weighted by atomic mass is 32.2. The first-order valence-electron chi connectivity index (χ1n) is 10.3. The number of benzene rings is 2. The highest BCUT2D eigenvalue weighted by Gasteiger charge is 2.48. The molecule has 0 spiro atoms. The van der Waals surface area contributed by atoms with E-state index in [1.165, 1.54) is 0 Å². The Hall–Kier alpha value is -2.11. The first-order chi connectivity index (χ1) is 13.8. The standard InChI is InChI=1S/C24H31NO3S/c1-4-7-14-24(6-3)16-29(27,28)21-13-12-19(25)15-20(21)22(23(24)26)18-10-8-17(5-2)9-11-18/h5,8-13,15,22-23,26H,2,4,6-7,14,16,25H2,1,3H3/t22-,23-,24+/m0/s1. The Morgan fingerprint density at radius 1 is 1.21 bits per heavy atom. The van der Waals surface area contributed by atoms with E-state index >= 15 is 0 Å². The minimum atomic E-state index is -3.56. The van der Waals surface area contributed by atoms with Gasteiger partial charge in [0.05, 0.1) is 16.8 Å². The SMILES string of the molecule is C=Cc1ccc([C@H]2c3cc(N)ccc3S(=O)(=O)C[C@@](CC)(CCCC)[C@H]2O)cc1. The molecule has 3 atom stereocenters. The smallest absolute Gasteiger partial charge is 0.179 e. The van der Waals surface area contributed by atoms with Gasteiger partial charge in [-0.05, 0) is 47.7 Å². The van der Waals surface area contributed by atoms with E-state index in [4.69, 9.17) is 5.73 Å². The van der Waals surface area contributed by atoms with E-state index in [-0.39, 0.29) is 10.6 Å². The topological polar surface area (TPSA) is 80.4 Å². The quantitative estimate of drug-likeness (QED) is 0.668. The van der Waals surface area contributed by atoms with Gasteiger partial charge in [-0.2, -0.15) is 0 Å². The lowest BCUT2D eigenvalue weighted by molar-refractivity contribution is 0.0174. The number of aliphatic hydroxyl groups excluding tert-OH is 1. The van der Waals surface area contributed by atoms with E-state index in [9.17, 15) is 13.5 Å². The lowest BCUT2D eigenvalue weighted by Crippen LogP contribution is -2.42. The molecule has 0 radical (unpaired) electrons. The lowest BCUT2D eigenvalue weighted by Gasteiger charge is -2.39. The third kappa shape index (κ3) is 3.99. The van der Waals surface area contributed by atoms with Gasteiger partial charge >= 0.3 is 0 Å². The second-order valence-electron chi connectivity index (χ2n) is 8.17. The van der Waals surface area contributed by atoms with E-state index in [0.29, 0.717) is 24.1 Å². The van der Waals surface area contributed by atoms with Gasteiger partial charge in [0.15, 0.2) is 9.84 Å². The van der Waals surface area contributed by atoms with Crippen molar-refractivity contribution in [2.45, 2.75) is 56.4 Å². The molecule has 1 aliphatic rings. The maximum atomic E-state index is 13.4. The maximum Gasteiger partial charge on any atom is 0.179 e. The number of aliphatic hydroxyl groups is 1. The Kier molecular flexibility index (Phi) is 6.20. The number of unbranched alkanes of at least 4 members (excludes halogenated alkanes) is 1. The van der Waals surface area contributed by atoms with Crippen LogP contribution >= 0.6 is 0 Å². The molecule has 3 rings (SSSR count). The molecule has 0 fully saturated rings. The summed E-state index contributed by atoms with van der Waals surface area (Å²) >= 11 is 0. The summed E-state index contributed by atoms with van der Waals surface area (Å²) in [6, 6.07) is 12.7. The van der Waals surface area contributed by atoms with Gasteiger partial charge in [0.2, 0.25) is 0 Å². The van der Waals surface area contributed by atoms with Crippen molar-refractivity contribution in [1.29, 1.82) is 0 Å². The van der Waals surface area contributed by atoms with E-state index in [1.807, 2.05) is 31.2 Å². The minimum absolute atomic E-state index is 0.0458. The number of rotatable bonds is 6. The molecule has 2 aromatic carbocycles. The van der Waals surface area contributed by atoms with Crippen LogP contribution in [0.1, 0.15) is 62.1 Å². The van der Waals surface area contributed by atoms with Crippen molar-refractivity contribution in [1.82, 2.24) is 0 Å². The predicted octanol–water partition coefficient (Wildman–Crippen LogP) is 4.78. The molecule has 0 saturated carbocycles. The molecule has 29 heavy (non-hydrogen) atoms. The molecule has 0 unspecified atom stereocenters. The van der Waals surface area contributed by atoms with Crippen LogP contribution in [0.15, 0.2) is 53.9 Å². The fourth-order valence-corrected chi connectivity index (χ4v) is 6.85. The van der Waals surface area contributed by atoms with Crippen LogP contribution in [0, 0.1) is 5.41 Å². The Balaban J connectivity index is 2.27. The molecule has 0 aliphatic carbocycles. The molecular formula is C24H31NO3S. The van der Waals surface area contributed by atoms with E-state index in [2.05, 4.69) is 13.5 Å². The molecule has 0 saturated heterocycles. The summed E-state index contributed by atoms with van der Waals surface area (Å²) in [5.41, 5.74) is 8.30. The number of hydrogen-bond donors (Lipinski definition) is 2. The van der Waals surface area contributed by atoms with Crippen LogP contribution in [0.3, 0.4) is 0 Å². The van der Waals surface area contributed by atoms with Gasteiger partial charge in [0.1, 0.15) is 0 Å². The summed E-state index contributed by atoms with van der Waals surface area (Å²) in [5, 5.41) is 11.7. The Labute approximate surface area is 174 Å². The van der Waals surface area contributed by atoms with Crippen molar-refractivity contribution in [3.8, 4) is 0 Å². The van der Waals surface area contributed by atoms with Crippen molar-refractivity contribution in [3.05, 3.63) is 65.7 Å². The number of sulfone groups is 1. The lowest BCUT2D eigenvalue weighted by atomic mass is 9.69. The zero-order valence-electron chi connectivity index (χ0n) is 17.3. The fraction of sp³-hybridized carbons (Fsp3) is 0.417. The first-order valence-corrected chi connectivity index (χ1v) is 12.0. The average Bonchev–Trinajstić information content (AvgIpc) is 2.78. The molecule has 5 heteroatoms. The van der Waals surface area contributed by atoms with Gasteiger partial charge < -0.3 is 10.8 Å². The number of anilines is 1. The number of fused-ring (bicyclic) bond motifs is 1. The second kappa shape index (κ2) is 8.33. The van der Waals surface area contributed by atoms with Crippen LogP contribution in [0.4, 0.5) is 5.69 Å². The highest BCUT2D eigenvalue weighted by Crippen LogP contribution is 2.49. The van der Waals surface area contributed by atoms with Crippen molar-refractivity contribution >= 4 is 21.6 Å². The molecule has 4 nitrogen and oxygen atoms in total. The summed E-state index contributed by atoms with van der Waals surface area (Å²) < 4.78 is 26.8. The van der Waals surface area contributed by atoms with Gasteiger partial charge in [-0.3, -0.25) is 0 Å². The fourth-order valence-electron chi connectivity index (χ4n) is 4.60. The molecule has 3 N–H and O–H groups in total. The monoisotopic (exact) mass is 413 g/mol. The van der Waals surface area contributed by atoms with Crippen LogP contribution in [0.25, 0.3) is 6.08 Å². The second-order valence-corrected chi connectivity index (χ2v) is 10.1. The van der Waals surface area contributed by atoms with Crippen LogP contribution in [0.2, 0.25) is 0 Å². The molecule has 156 valence electrons. The average molecular weight is 414 g/mol. The summed E-state index contributed by atoms with van der Waals surface area (Å²) in [6.07, 6.45) is 4.03. The molecule has 2 aromatic rings. The van der Waals surface area contributed by atoms with Crippen LogP contribution in [-0.4, -0.2) is 25.4 Å². The zero-order chi connectivity index (χ0) is 21.2. The van der Waals surface area contributed by atoms with Crippen LogP contribution in [0.5, 0.6) is 0 Å². The third-order valence-corrected chi connectivity index (χ3v) is 8.39. The van der Waals surface area contributed by atoms with E-state index in [0.717, 1.165) is 24.0 Å².